The molecule has 3 rings (SSSR count). The maximum absolute atomic E-state index is 13.7. The van der Waals surface area contributed by atoms with E-state index in [2.05, 4.69) is 17.9 Å². The molecule has 30 heavy (non-hydrogen) atoms. The van der Waals surface area contributed by atoms with Crippen LogP contribution in [0.2, 0.25) is 0 Å². The Bertz CT molecular complexity index is 1090. The molecule has 0 bridgehead atoms. The van der Waals surface area contributed by atoms with Crippen molar-refractivity contribution in [2.24, 2.45) is 0 Å². The molecule has 0 aliphatic carbocycles. The van der Waals surface area contributed by atoms with Crippen molar-refractivity contribution in [1.29, 1.82) is 0 Å². The van der Waals surface area contributed by atoms with Crippen molar-refractivity contribution in [1.82, 2.24) is 0 Å². The lowest BCUT2D eigenvalue weighted by molar-refractivity contribution is -0.139. The Morgan fingerprint density at radius 2 is 1.83 bits per heavy atom. The van der Waals surface area contributed by atoms with Gasteiger partial charge in [-0.15, -0.1) is 11.3 Å². The third-order valence-corrected chi connectivity index (χ3v) is 4.95. The van der Waals surface area contributed by atoms with Crippen molar-refractivity contribution in [3.63, 3.8) is 0 Å². The molecule has 0 fully saturated rings. The molecule has 2 aromatic carbocycles. The third kappa shape index (κ3) is 6.13. The highest BCUT2D eigenvalue weighted by Gasteiger charge is 2.12. The maximum Gasteiger partial charge on any atom is 0.330 e. The zero-order valence-corrected chi connectivity index (χ0v) is 17.0. The van der Waals surface area contributed by atoms with Gasteiger partial charge in [-0.3, -0.25) is 4.79 Å². The van der Waals surface area contributed by atoms with Crippen molar-refractivity contribution in [3.05, 3.63) is 77.9 Å². The largest absolute Gasteiger partial charge is 0.506 e. The zero-order valence-electron chi connectivity index (χ0n) is 16.1. The van der Waals surface area contributed by atoms with Crippen LogP contribution >= 0.6 is 11.3 Å². The van der Waals surface area contributed by atoms with E-state index < -0.39 is 11.8 Å². The number of hydrogen-bond acceptors (Lipinski definition) is 7. The van der Waals surface area contributed by atoms with Gasteiger partial charge in [-0.25, -0.2) is 9.18 Å². The highest BCUT2D eigenvalue weighted by atomic mass is 32.1. The van der Waals surface area contributed by atoms with Gasteiger partial charge in [0.2, 0.25) is 0 Å². The highest BCUT2D eigenvalue weighted by molar-refractivity contribution is 7.24. The van der Waals surface area contributed by atoms with Gasteiger partial charge in [0, 0.05) is 16.2 Å². The fourth-order valence-corrected chi connectivity index (χ4v) is 3.51. The standard InChI is InChI=1S/C13H7FO2S.C9H14O4/c14-8-5-6-9(15)13-11(8)12(16)7-3-1-2-4-10(7)17-13;1-3-9(10)13-8-7-12-6-5-11-4-2/h1-6,15H;3-4H,1-2,5-8H2. The zero-order chi connectivity index (χ0) is 21.9. The third-order valence-electron chi connectivity index (χ3n) is 3.76. The fraction of sp³-hybridized carbons (Fsp3) is 0.182. The monoisotopic (exact) mass is 432 g/mol. The molecule has 3 aromatic rings. The van der Waals surface area contributed by atoms with E-state index in [-0.39, 0.29) is 23.2 Å². The normalized spacial score (nSPS) is 10.2. The number of esters is 1. The van der Waals surface area contributed by atoms with E-state index in [4.69, 9.17) is 9.47 Å². The second kappa shape index (κ2) is 11.7. The van der Waals surface area contributed by atoms with Gasteiger partial charge in [-0.2, -0.15) is 0 Å². The van der Waals surface area contributed by atoms with Crippen LogP contribution in [0.4, 0.5) is 4.39 Å². The second-order valence-electron chi connectivity index (χ2n) is 5.72. The average Bonchev–Trinajstić information content (AvgIpc) is 2.76. The van der Waals surface area contributed by atoms with Gasteiger partial charge < -0.3 is 19.3 Å². The minimum absolute atomic E-state index is 0.0336. The molecule has 1 aromatic heterocycles. The number of hydrogen-bond donors (Lipinski definition) is 1. The van der Waals surface area contributed by atoms with Crippen molar-refractivity contribution in [2.45, 2.75) is 0 Å². The molecular weight excluding hydrogens is 411 g/mol. The lowest BCUT2D eigenvalue weighted by atomic mass is 10.1. The summed E-state index contributed by atoms with van der Waals surface area (Å²) in [6.07, 6.45) is 2.46. The molecule has 0 amide bonds. The number of rotatable bonds is 8. The molecule has 1 heterocycles. The summed E-state index contributed by atoms with van der Waals surface area (Å²) in [5, 5.41) is 10.1. The smallest absolute Gasteiger partial charge is 0.330 e. The van der Waals surface area contributed by atoms with Crippen LogP contribution in [0, 0.1) is 5.82 Å². The SMILES string of the molecule is C=COCCOCCOC(=O)C=C.O=c1c2ccccc2sc2c(O)ccc(F)c12. The summed E-state index contributed by atoms with van der Waals surface area (Å²) in [7, 11) is 0. The number of fused-ring (bicyclic) bond motifs is 2. The minimum atomic E-state index is -0.593. The van der Waals surface area contributed by atoms with Crippen molar-refractivity contribution in [3.8, 4) is 5.75 Å². The van der Waals surface area contributed by atoms with Crippen LogP contribution in [-0.2, 0) is 19.0 Å². The van der Waals surface area contributed by atoms with Crippen molar-refractivity contribution in [2.75, 3.05) is 26.4 Å². The lowest BCUT2D eigenvalue weighted by Gasteiger charge is -2.03. The van der Waals surface area contributed by atoms with Crippen LogP contribution in [0.1, 0.15) is 0 Å². The molecule has 0 aliphatic heterocycles. The van der Waals surface area contributed by atoms with E-state index in [0.717, 1.165) is 16.8 Å². The summed E-state index contributed by atoms with van der Waals surface area (Å²) in [5.41, 5.74) is -0.372. The predicted molar refractivity (Wildman–Crippen MR) is 115 cm³/mol. The predicted octanol–water partition coefficient (Wildman–Crippen LogP) is 4.15. The maximum atomic E-state index is 13.7. The first-order chi connectivity index (χ1) is 14.5. The summed E-state index contributed by atoms with van der Waals surface area (Å²) in [6.45, 7) is 8.13. The van der Waals surface area contributed by atoms with E-state index in [9.17, 15) is 19.1 Å². The van der Waals surface area contributed by atoms with Crippen LogP contribution < -0.4 is 5.43 Å². The summed E-state index contributed by atoms with van der Waals surface area (Å²) in [4.78, 5) is 22.6. The van der Waals surface area contributed by atoms with Crippen LogP contribution in [-0.4, -0.2) is 37.5 Å². The van der Waals surface area contributed by atoms with Gasteiger partial charge in [-0.05, 0) is 24.3 Å². The number of carbonyl (C=O) groups is 1. The first-order valence-corrected chi connectivity index (χ1v) is 9.73. The number of ether oxygens (including phenoxy) is 3. The van der Waals surface area contributed by atoms with Crippen LogP contribution in [0.15, 0.2) is 66.7 Å². The average molecular weight is 432 g/mol. The van der Waals surface area contributed by atoms with Gasteiger partial charge in [0.25, 0.3) is 0 Å². The van der Waals surface area contributed by atoms with Gasteiger partial charge in [0.05, 0.1) is 29.6 Å². The van der Waals surface area contributed by atoms with Crippen LogP contribution in [0.25, 0.3) is 20.2 Å². The van der Waals surface area contributed by atoms with E-state index in [1.807, 2.05) is 0 Å². The van der Waals surface area contributed by atoms with E-state index in [0.29, 0.717) is 29.9 Å². The minimum Gasteiger partial charge on any atom is -0.506 e. The molecule has 0 unspecified atom stereocenters. The Balaban J connectivity index is 0.000000224. The van der Waals surface area contributed by atoms with Crippen molar-refractivity contribution < 1.29 is 28.5 Å². The molecule has 0 saturated heterocycles. The first-order valence-electron chi connectivity index (χ1n) is 8.92. The molecule has 158 valence electrons. The molecule has 0 atom stereocenters. The summed E-state index contributed by atoms with van der Waals surface area (Å²) in [6, 6.07) is 9.37. The Morgan fingerprint density at radius 3 is 2.57 bits per heavy atom. The molecular formula is C22H21FO6S. The van der Waals surface area contributed by atoms with Crippen LogP contribution in [0.5, 0.6) is 5.75 Å². The number of aromatic hydroxyl groups is 1. The molecule has 0 radical (unpaired) electrons. The Hall–Kier alpha value is -3.23. The summed E-state index contributed by atoms with van der Waals surface area (Å²) >= 11 is 1.22. The molecule has 0 spiro atoms. The number of phenols is 1. The quantitative estimate of drug-likeness (QED) is 0.189. The van der Waals surface area contributed by atoms with Crippen molar-refractivity contribution >= 4 is 37.5 Å². The highest BCUT2D eigenvalue weighted by Crippen LogP contribution is 2.32. The number of halogens is 1. The Kier molecular flexibility index (Phi) is 8.99. The first kappa shape index (κ1) is 23.1. The molecule has 0 aliphatic rings. The van der Waals surface area contributed by atoms with E-state index >= 15 is 0 Å². The van der Waals surface area contributed by atoms with Gasteiger partial charge >= 0.3 is 5.97 Å². The number of carbonyl (C=O) groups excluding carboxylic acids is 1. The van der Waals surface area contributed by atoms with E-state index in [1.54, 1.807) is 24.3 Å². The Morgan fingerprint density at radius 1 is 1.10 bits per heavy atom. The van der Waals surface area contributed by atoms with Crippen LogP contribution in [0.3, 0.4) is 0 Å². The summed E-state index contributed by atoms with van der Waals surface area (Å²) < 4.78 is 29.2. The van der Waals surface area contributed by atoms with Gasteiger partial charge in [0.15, 0.2) is 5.43 Å². The van der Waals surface area contributed by atoms with E-state index in [1.165, 1.54) is 23.7 Å². The fourth-order valence-electron chi connectivity index (χ4n) is 2.40. The van der Waals surface area contributed by atoms with Gasteiger partial charge in [0.1, 0.15) is 24.8 Å². The molecule has 6 nitrogen and oxygen atoms in total. The topological polar surface area (TPSA) is 82.1 Å². The molecule has 0 saturated carbocycles. The second-order valence-corrected chi connectivity index (χ2v) is 6.77. The molecule has 1 N–H and O–H groups in total. The number of phenolic OH excluding ortho intramolecular Hbond substituents is 1. The van der Waals surface area contributed by atoms with Gasteiger partial charge in [-0.1, -0.05) is 25.3 Å². The Labute approximate surface area is 176 Å². The summed E-state index contributed by atoms with van der Waals surface area (Å²) in [5.74, 6) is -1.09. The molecule has 8 heteroatoms. The number of benzene rings is 2. The lowest BCUT2D eigenvalue weighted by Crippen LogP contribution is -2.10.